The molecule has 18 heavy (non-hydrogen) atoms. The van der Waals surface area contributed by atoms with Crippen LogP contribution in [0.2, 0.25) is 0 Å². The first-order valence-corrected chi connectivity index (χ1v) is 6.47. The van der Waals surface area contributed by atoms with Gasteiger partial charge in [-0.05, 0) is 12.1 Å². The minimum atomic E-state index is 0.489. The third kappa shape index (κ3) is 1.78. The van der Waals surface area contributed by atoms with E-state index in [9.17, 15) is 0 Å². The second-order valence-electron chi connectivity index (χ2n) is 4.96. The Morgan fingerprint density at radius 2 is 1.61 bits per heavy atom. The molecule has 0 aromatic carbocycles. The lowest BCUT2D eigenvalue weighted by Gasteiger charge is -2.38. The number of quaternary nitrogens is 1. The van der Waals surface area contributed by atoms with Crippen molar-refractivity contribution in [2.24, 2.45) is 0 Å². The summed E-state index contributed by atoms with van der Waals surface area (Å²) in [6.45, 7) is 2.11. The third-order valence-corrected chi connectivity index (χ3v) is 3.97. The second-order valence-corrected chi connectivity index (χ2v) is 4.96. The lowest BCUT2D eigenvalue weighted by molar-refractivity contribution is 0.212. The molecule has 1 aliphatic heterocycles. The molecule has 0 amide bonds. The number of rotatable bonds is 3. The standard InChI is InChI=1S/C14H19N2O2/c1-16(13-4-2-10-17-13,14-5-3-11-18-14)12-6-8-15-9-7-12/h2-5,10-12,15H,6-9H2,1H3/q+1. The molecule has 3 rings (SSSR count). The Balaban J connectivity index is 2.02. The van der Waals surface area contributed by atoms with Crippen molar-refractivity contribution in [3.05, 3.63) is 36.8 Å². The van der Waals surface area contributed by atoms with Crippen molar-refractivity contribution in [2.75, 3.05) is 20.1 Å². The zero-order chi connectivity index (χ0) is 12.4. The molecule has 1 fully saturated rings. The van der Waals surface area contributed by atoms with Crippen LogP contribution in [0.1, 0.15) is 12.8 Å². The molecule has 2 aromatic rings. The van der Waals surface area contributed by atoms with E-state index in [1.807, 2.05) is 24.3 Å². The molecule has 4 heteroatoms. The highest BCUT2D eigenvalue weighted by Gasteiger charge is 2.42. The van der Waals surface area contributed by atoms with Crippen molar-refractivity contribution in [1.82, 2.24) is 9.80 Å². The van der Waals surface area contributed by atoms with Gasteiger partial charge in [-0.1, -0.05) is 0 Å². The van der Waals surface area contributed by atoms with Gasteiger partial charge in [0.2, 0.25) is 0 Å². The van der Waals surface area contributed by atoms with Gasteiger partial charge in [-0.15, -0.1) is 0 Å². The fourth-order valence-electron chi connectivity index (χ4n) is 2.86. The van der Waals surface area contributed by atoms with Gasteiger partial charge in [0.25, 0.3) is 0 Å². The van der Waals surface area contributed by atoms with Gasteiger partial charge in [-0.2, -0.15) is 4.48 Å². The minimum Gasteiger partial charge on any atom is -0.420 e. The molecular weight excluding hydrogens is 228 g/mol. The minimum absolute atomic E-state index is 0.489. The van der Waals surface area contributed by atoms with Crippen molar-refractivity contribution >= 4 is 11.8 Å². The molecule has 1 saturated heterocycles. The molecule has 0 saturated carbocycles. The van der Waals surface area contributed by atoms with E-state index < -0.39 is 0 Å². The highest BCUT2D eigenvalue weighted by molar-refractivity contribution is 5.47. The van der Waals surface area contributed by atoms with Crippen LogP contribution in [0, 0.1) is 0 Å². The number of nitrogens with zero attached hydrogens (tertiary/aromatic N) is 1. The van der Waals surface area contributed by atoms with E-state index in [2.05, 4.69) is 12.4 Å². The van der Waals surface area contributed by atoms with E-state index in [-0.39, 0.29) is 0 Å². The highest BCUT2D eigenvalue weighted by atomic mass is 16.4. The van der Waals surface area contributed by atoms with Crippen LogP contribution in [-0.4, -0.2) is 26.2 Å². The van der Waals surface area contributed by atoms with Crippen molar-refractivity contribution < 1.29 is 8.83 Å². The molecule has 1 aliphatic rings. The molecule has 0 bridgehead atoms. The van der Waals surface area contributed by atoms with Gasteiger partial charge in [-0.3, -0.25) is 0 Å². The summed E-state index contributed by atoms with van der Waals surface area (Å²) < 4.78 is 11.9. The summed E-state index contributed by atoms with van der Waals surface area (Å²) in [6, 6.07) is 8.43. The van der Waals surface area contributed by atoms with Crippen LogP contribution in [-0.2, 0) is 0 Å². The van der Waals surface area contributed by atoms with E-state index in [1.54, 1.807) is 12.5 Å². The number of hydrogen-bond donors (Lipinski definition) is 1. The molecule has 0 spiro atoms. The lowest BCUT2D eigenvalue weighted by atomic mass is 10.0. The number of piperidine rings is 1. The van der Waals surface area contributed by atoms with Crippen LogP contribution in [0.25, 0.3) is 0 Å². The molecule has 0 atom stereocenters. The quantitative estimate of drug-likeness (QED) is 0.847. The van der Waals surface area contributed by atoms with Crippen LogP contribution >= 0.6 is 0 Å². The third-order valence-electron chi connectivity index (χ3n) is 3.97. The van der Waals surface area contributed by atoms with Crippen molar-refractivity contribution in [3.63, 3.8) is 0 Å². The average molecular weight is 247 g/mol. The number of nitrogens with one attached hydrogen (secondary N) is 1. The van der Waals surface area contributed by atoms with Crippen LogP contribution in [0.15, 0.2) is 45.6 Å². The molecular formula is C14H19N2O2+. The zero-order valence-corrected chi connectivity index (χ0v) is 10.6. The summed E-state index contributed by atoms with van der Waals surface area (Å²) in [5.74, 6) is 1.88. The monoisotopic (exact) mass is 247 g/mol. The first-order chi connectivity index (χ1) is 8.82. The number of furan rings is 2. The van der Waals surface area contributed by atoms with E-state index in [4.69, 9.17) is 8.83 Å². The Morgan fingerprint density at radius 1 is 1.06 bits per heavy atom. The molecule has 0 aliphatic carbocycles. The summed E-state index contributed by atoms with van der Waals surface area (Å²) in [5.41, 5.74) is 0. The van der Waals surface area contributed by atoms with Crippen molar-refractivity contribution in [2.45, 2.75) is 18.9 Å². The SMILES string of the molecule is C[N+](c1ccco1)(c1ccco1)C1CCNCC1. The van der Waals surface area contributed by atoms with E-state index in [0.717, 1.165) is 37.7 Å². The normalized spacial score (nSPS) is 18.1. The first-order valence-electron chi connectivity index (χ1n) is 6.47. The number of hydrogen-bond acceptors (Lipinski definition) is 3. The van der Waals surface area contributed by atoms with Crippen LogP contribution in [0.4, 0.5) is 11.8 Å². The maximum absolute atomic E-state index is 5.67. The van der Waals surface area contributed by atoms with Gasteiger partial charge in [0.05, 0.1) is 19.6 Å². The molecule has 2 aromatic heterocycles. The van der Waals surface area contributed by atoms with Crippen LogP contribution in [0.3, 0.4) is 0 Å². The summed E-state index contributed by atoms with van der Waals surface area (Å²) >= 11 is 0. The molecule has 3 heterocycles. The van der Waals surface area contributed by atoms with E-state index in [1.165, 1.54) is 0 Å². The largest absolute Gasteiger partial charge is 0.420 e. The molecule has 1 N–H and O–H groups in total. The Hall–Kier alpha value is -1.52. The smallest absolute Gasteiger partial charge is 0.304 e. The van der Waals surface area contributed by atoms with Gasteiger partial charge in [0, 0.05) is 38.1 Å². The van der Waals surface area contributed by atoms with Crippen molar-refractivity contribution in [3.8, 4) is 0 Å². The molecule has 0 radical (unpaired) electrons. The maximum Gasteiger partial charge on any atom is 0.304 e. The Kier molecular flexibility index (Phi) is 2.97. The van der Waals surface area contributed by atoms with E-state index in [0.29, 0.717) is 10.5 Å². The van der Waals surface area contributed by atoms with Gasteiger partial charge >= 0.3 is 11.8 Å². The Bertz CT molecular complexity index is 436. The molecule has 96 valence electrons. The van der Waals surface area contributed by atoms with Gasteiger partial charge < -0.3 is 14.2 Å². The molecule has 0 unspecified atom stereocenters. The summed E-state index contributed by atoms with van der Waals surface area (Å²) in [5, 5.41) is 3.41. The molecule has 4 nitrogen and oxygen atoms in total. The predicted molar refractivity (Wildman–Crippen MR) is 70.7 cm³/mol. The average Bonchev–Trinajstić information content (AvgIpc) is 3.12. The lowest BCUT2D eigenvalue weighted by Crippen LogP contribution is -2.53. The fraction of sp³-hybridized carbons (Fsp3) is 0.429. The zero-order valence-electron chi connectivity index (χ0n) is 10.6. The van der Waals surface area contributed by atoms with Gasteiger partial charge in [0.15, 0.2) is 0 Å². The first kappa shape index (κ1) is 11.6. The predicted octanol–water partition coefficient (Wildman–Crippen LogP) is 2.89. The van der Waals surface area contributed by atoms with E-state index >= 15 is 0 Å². The van der Waals surface area contributed by atoms with Gasteiger partial charge in [-0.25, -0.2) is 0 Å². The Labute approximate surface area is 107 Å². The second kappa shape index (κ2) is 4.63. The summed E-state index contributed by atoms with van der Waals surface area (Å²) in [6.07, 6.45) is 5.71. The van der Waals surface area contributed by atoms with Crippen LogP contribution < -0.4 is 9.80 Å². The van der Waals surface area contributed by atoms with Crippen LogP contribution in [0.5, 0.6) is 0 Å². The summed E-state index contributed by atoms with van der Waals surface area (Å²) in [4.78, 5) is 0. The maximum atomic E-state index is 5.67. The highest BCUT2D eigenvalue weighted by Crippen LogP contribution is 2.38. The Morgan fingerprint density at radius 3 is 2.06 bits per heavy atom. The fourth-order valence-corrected chi connectivity index (χ4v) is 2.86. The van der Waals surface area contributed by atoms with Crippen molar-refractivity contribution in [1.29, 1.82) is 0 Å². The topological polar surface area (TPSA) is 38.3 Å². The summed E-state index contributed by atoms with van der Waals surface area (Å²) in [7, 11) is 2.17. The van der Waals surface area contributed by atoms with Gasteiger partial charge in [0.1, 0.15) is 6.04 Å².